The molecule has 0 radical (unpaired) electrons. The third-order valence-corrected chi connectivity index (χ3v) is 3.67. The van der Waals surface area contributed by atoms with E-state index in [1.54, 1.807) is 12.1 Å². The van der Waals surface area contributed by atoms with Gasteiger partial charge in [-0.05, 0) is 42.7 Å². The van der Waals surface area contributed by atoms with Gasteiger partial charge in [-0.1, -0.05) is 25.5 Å². The van der Waals surface area contributed by atoms with Crippen LogP contribution in [0.3, 0.4) is 0 Å². The second-order valence-corrected chi connectivity index (χ2v) is 5.52. The molecular weight excluding hydrogens is 314 g/mol. The van der Waals surface area contributed by atoms with Gasteiger partial charge < -0.3 is 14.5 Å². The van der Waals surface area contributed by atoms with E-state index in [4.69, 9.17) is 20.8 Å². The number of nitrogens with one attached hydrogen (secondary N) is 1. The summed E-state index contributed by atoms with van der Waals surface area (Å²) in [5.74, 6) is 1.81. The van der Waals surface area contributed by atoms with Crippen molar-refractivity contribution in [3.63, 3.8) is 0 Å². The summed E-state index contributed by atoms with van der Waals surface area (Å²) in [5, 5.41) is 2.83. The van der Waals surface area contributed by atoms with Crippen LogP contribution in [0.1, 0.15) is 41.6 Å². The minimum Gasteiger partial charge on any atom is -0.494 e. The second kappa shape index (κ2) is 9.26. The van der Waals surface area contributed by atoms with E-state index in [2.05, 4.69) is 12.2 Å². The molecular formula is C18H22ClNO3. The molecule has 23 heavy (non-hydrogen) atoms. The van der Waals surface area contributed by atoms with Crippen molar-refractivity contribution in [2.75, 3.05) is 13.2 Å². The fraction of sp³-hybridized carbons (Fsp3) is 0.389. The van der Waals surface area contributed by atoms with E-state index in [1.165, 1.54) is 0 Å². The number of furan rings is 1. The summed E-state index contributed by atoms with van der Waals surface area (Å²) in [4.78, 5) is 11.9. The van der Waals surface area contributed by atoms with Crippen LogP contribution in [0.25, 0.3) is 0 Å². The third kappa shape index (κ3) is 5.64. The normalized spacial score (nSPS) is 10.5. The summed E-state index contributed by atoms with van der Waals surface area (Å²) in [7, 11) is 0. The van der Waals surface area contributed by atoms with Gasteiger partial charge in [0.2, 0.25) is 0 Å². The molecule has 4 nitrogen and oxygen atoms in total. The summed E-state index contributed by atoms with van der Waals surface area (Å²) in [6.07, 6.45) is 2.94. The second-order valence-electron chi connectivity index (χ2n) is 5.25. The lowest BCUT2D eigenvalue weighted by Gasteiger charge is -2.07. The molecule has 1 aromatic carbocycles. The maximum absolute atomic E-state index is 11.9. The van der Waals surface area contributed by atoms with Gasteiger partial charge >= 0.3 is 0 Å². The molecule has 124 valence electrons. The van der Waals surface area contributed by atoms with Gasteiger partial charge in [0.15, 0.2) is 5.76 Å². The van der Waals surface area contributed by atoms with Crippen molar-refractivity contribution < 1.29 is 13.9 Å². The minimum absolute atomic E-state index is 0.221. The van der Waals surface area contributed by atoms with Crippen molar-refractivity contribution in [2.24, 2.45) is 0 Å². The molecule has 0 bridgehead atoms. The van der Waals surface area contributed by atoms with Crippen LogP contribution in [0.2, 0.25) is 0 Å². The molecule has 1 heterocycles. The molecule has 0 aliphatic heterocycles. The SMILES string of the molecule is CCCCOc1ccc(CCNC(=O)c2ccc(CCl)o2)cc1. The number of amides is 1. The largest absolute Gasteiger partial charge is 0.494 e. The Bertz CT molecular complexity index is 607. The number of carbonyl (C=O) groups excluding carboxylic acids is 1. The number of benzene rings is 1. The van der Waals surface area contributed by atoms with Crippen molar-refractivity contribution in [2.45, 2.75) is 32.1 Å². The highest BCUT2D eigenvalue weighted by Gasteiger charge is 2.10. The summed E-state index contributed by atoms with van der Waals surface area (Å²) < 4.78 is 10.9. The van der Waals surface area contributed by atoms with E-state index < -0.39 is 0 Å². The Morgan fingerprint density at radius 1 is 1.22 bits per heavy atom. The first-order chi connectivity index (χ1) is 11.2. The van der Waals surface area contributed by atoms with Crippen LogP contribution in [0.5, 0.6) is 5.75 Å². The van der Waals surface area contributed by atoms with E-state index in [9.17, 15) is 4.79 Å². The van der Waals surface area contributed by atoms with Gasteiger partial charge in [-0.25, -0.2) is 0 Å². The molecule has 5 heteroatoms. The van der Waals surface area contributed by atoms with Crippen LogP contribution < -0.4 is 10.1 Å². The Morgan fingerprint density at radius 3 is 2.65 bits per heavy atom. The maximum atomic E-state index is 11.9. The first kappa shape index (κ1) is 17.4. The smallest absolute Gasteiger partial charge is 0.287 e. The van der Waals surface area contributed by atoms with Gasteiger partial charge in [0.25, 0.3) is 5.91 Å². The Kier molecular flexibility index (Phi) is 7.01. The lowest BCUT2D eigenvalue weighted by atomic mass is 10.1. The predicted octanol–water partition coefficient (Wildman–Crippen LogP) is 4.17. The lowest BCUT2D eigenvalue weighted by Crippen LogP contribution is -2.25. The first-order valence-corrected chi connectivity index (χ1v) is 8.41. The highest BCUT2D eigenvalue weighted by atomic mass is 35.5. The molecule has 0 unspecified atom stereocenters. The van der Waals surface area contributed by atoms with Crippen LogP contribution in [0.4, 0.5) is 0 Å². The molecule has 2 aromatic rings. The third-order valence-electron chi connectivity index (χ3n) is 3.41. The maximum Gasteiger partial charge on any atom is 0.287 e. The van der Waals surface area contributed by atoms with Gasteiger partial charge in [-0.2, -0.15) is 0 Å². The van der Waals surface area contributed by atoms with Crippen molar-refractivity contribution in [3.05, 3.63) is 53.5 Å². The average molecular weight is 336 g/mol. The van der Waals surface area contributed by atoms with Gasteiger partial charge in [0.05, 0.1) is 12.5 Å². The Labute approximate surface area is 141 Å². The molecule has 0 spiro atoms. The standard InChI is InChI=1S/C18H22ClNO3/c1-2-3-12-22-15-6-4-14(5-7-15)10-11-20-18(21)17-9-8-16(13-19)23-17/h4-9H,2-3,10-13H2,1H3,(H,20,21). The first-order valence-electron chi connectivity index (χ1n) is 7.87. The van der Waals surface area contributed by atoms with Crippen molar-refractivity contribution in [1.82, 2.24) is 5.32 Å². The molecule has 0 atom stereocenters. The summed E-state index contributed by atoms with van der Waals surface area (Å²) in [6, 6.07) is 11.3. The van der Waals surface area contributed by atoms with E-state index in [1.807, 2.05) is 24.3 Å². The molecule has 1 aromatic heterocycles. The fourth-order valence-electron chi connectivity index (χ4n) is 2.07. The van der Waals surface area contributed by atoms with Crippen LogP contribution in [-0.2, 0) is 12.3 Å². The number of hydrogen-bond donors (Lipinski definition) is 1. The molecule has 0 aliphatic rings. The van der Waals surface area contributed by atoms with Crippen LogP contribution >= 0.6 is 11.6 Å². The van der Waals surface area contributed by atoms with Gasteiger partial charge in [-0.15, -0.1) is 11.6 Å². The fourth-order valence-corrected chi connectivity index (χ4v) is 2.21. The minimum atomic E-state index is -0.221. The van der Waals surface area contributed by atoms with E-state index in [-0.39, 0.29) is 11.8 Å². The molecule has 0 fully saturated rings. The van der Waals surface area contributed by atoms with E-state index >= 15 is 0 Å². The number of unbranched alkanes of at least 4 members (excludes halogenated alkanes) is 1. The Balaban J connectivity index is 1.74. The quantitative estimate of drug-likeness (QED) is 0.552. The Hall–Kier alpha value is -1.94. The van der Waals surface area contributed by atoms with E-state index in [0.717, 1.165) is 37.2 Å². The average Bonchev–Trinajstić information content (AvgIpc) is 3.06. The van der Waals surface area contributed by atoms with Gasteiger partial charge in [0, 0.05) is 6.54 Å². The zero-order valence-electron chi connectivity index (χ0n) is 13.3. The molecule has 2 rings (SSSR count). The molecule has 0 saturated heterocycles. The van der Waals surface area contributed by atoms with Crippen molar-refractivity contribution in [3.8, 4) is 5.75 Å². The predicted molar refractivity (Wildman–Crippen MR) is 91.1 cm³/mol. The summed E-state index contributed by atoms with van der Waals surface area (Å²) in [5.41, 5.74) is 1.15. The molecule has 0 aliphatic carbocycles. The zero-order chi connectivity index (χ0) is 16.5. The Morgan fingerprint density at radius 2 is 2.00 bits per heavy atom. The van der Waals surface area contributed by atoms with Crippen molar-refractivity contribution in [1.29, 1.82) is 0 Å². The van der Waals surface area contributed by atoms with E-state index in [0.29, 0.717) is 18.1 Å². The number of ether oxygens (including phenoxy) is 1. The lowest BCUT2D eigenvalue weighted by molar-refractivity contribution is 0.0925. The number of halogens is 1. The number of alkyl halides is 1. The monoisotopic (exact) mass is 335 g/mol. The van der Waals surface area contributed by atoms with Crippen LogP contribution in [0, 0.1) is 0 Å². The number of carbonyl (C=O) groups is 1. The molecule has 0 saturated carbocycles. The van der Waals surface area contributed by atoms with Gasteiger partial charge in [-0.3, -0.25) is 4.79 Å². The number of rotatable bonds is 9. The highest BCUT2D eigenvalue weighted by Crippen LogP contribution is 2.13. The van der Waals surface area contributed by atoms with Crippen LogP contribution in [-0.4, -0.2) is 19.1 Å². The molecule has 1 amide bonds. The zero-order valence-corrected chi connectivity index (χ0v) is 14.1. The summed E-state index contributed by atoms with van der Waals surface area (Å²) in [6.45, 7) is 3.44. The van der Waals surface area contributed by atoms with Crippen LogP contribution in [0.15, 0.2) is 40.8 Å². The summed E-state index contributed by atoms with van der Waals surface area (Å²) >= 11 is 5.65. The highest BCUT2D eigenvalue weighted by molar-refractivity contribution is 6.16. The number of hydrogen-bond acceptors (Lipinski definition) is 3. The molecule has 1 N–H and O–H groups in total. The van der Waals surface area contributed by atoms with Gasteiger partial charge in [0.1, 0.15) is 11.5 Å². The van der Waals surface area contributed by atoms with Crippen molar-refractivity contribution >= 4 is 17.5 Å². The topological polar surface area (TPSA) is 51.5 Å².